The maximum absolute atomic E-state index is 12.1. The molecule has 0 unspecified atom stereocenters. The van der Waals surface area contributed by atoms with Gasteiger partial charge in [-0.3, -0.25) is 4.79 Å². The molecule has 0 fully saturated rings. The highest BCUT2D eigenvalue weighted by atomic mass is 32.2. The fourth-order valence-electron chi connectivity index (χ4n) is 2.26. The first-order valence-electron chi connectivity index (χ1n) is 8.33. The molecule has 2 aromatic carbocycles. The molecule has 0 saturated carbocycles. The second-order valence-electron chi connectivity index (χ2n) is 5.47. The van der Waals surface area contributed by atoms with Crippen LogP contribution in [0.15, 0.2) is 58.2 Å². The Morgan fingerprint density at radius 2 is 1.89 bits per heavy atom. The van der Waals surface area contributed by atoms with E-state index in [2.05, 4.69) is 15.5 Å². The van der Waals surface area contributed by atoms with Gasteiger partial charge in [-0.25, -0.2) is 0 Å². The second kappa shape index (κ2) is 9.65. The maximum atomic E-state index is 12.1. The Bertz CT molecular complexity index is 931. The van der Waals surface area contributed by atoms with Gasteiger partial charge < -0.3 is 23.9 Å². The molecule has 3 rings (SSSR count). The van der Waals surface area contributed by atoms with E-state index in [4.69, 9.17) is 18.6 Å². The third-order valence-electron chi connectivity index (χ3n) is 3.55. The van der Waals surface area contributed by atoms with Gasteiger partial charge in [0.25, 0.3) is 11.1 Å². The maximum Gasteiger partial charge on any atom is 0.277 e. The van der Waals surface area contributed by atoms with E-state index in [0.717, 1.165) is 11.8 Å². The number of methoxy groups -OCH3 is 2. The Balaban J connectivity index is 1.48. The summed E-state index contributed by atoms with van der Waals surface area (Å²) in [4.78, 5) is 12.1. The van der Waals surface area contributed by atoms with Crippen molar-refractivity contribution in [3.63, 3.8) is 0 Å². The zero-order valence-electron chi connectivity index (χ0n) is 15.4. The van der Waals surface area contributed by atoms with Gasteiger partial charge in [0, 0.05) is 11.8 Å². The Morgan fingerprint density at radius 3 is 2.68 bits per heavy atom. The lowest BCUT2D eigenvalue weighted by Gasteiger charge is -2.08. The molecule has 1 heterocycles. The Morgan fingerprint density at radius 1 is 1.07 bits per heavy atom. The lowest BCUT2D eigenvalue weighted by molar-refractivity contribution is -0.113. The molecule has 1 N–H and O–H groups in total. The zero-order chi connectivity index (χ0) is 19.8. The van der Waals surface area contributed by atoms with Crippen molar-refractivity contribution >= 4 is 23.4 Å². The van der Waals surface area contributed by atoms with E-state index in [-0.39, 0.29) is 18.3 Å². The van der Waals surface area contributed by atoms with Crippen molar-refractivity contribution < 1.29 is 23.4 Å². The number of para-hydroxylation sites is 2. The van der Waals surface area contributed by atoms with Crippen molar-refractivity contribution in [3.8, 4) is 17.2 Å². The molecular weight excluding hydrogens is 382 g/mol. The van der Waals surface area contributed by atoms with Crippen LogP contribution in [0, 0.1) is 0 Å². The molecule has 1 amide bonds. The van der Waals surface area contributed by atoms with Crippen molar-refractivity contribution in [1.82, 2.24) is 10.2 Å². The number of hydrogen-bond donors (Lipinski definition) is 1. The third kappa shape index (κ3) is 5.40. The molecule has 0 saturated heterocycles. The van der Waals surface area contributed by atoms with E-state index in [9.17, 15) is 4.79 Å². The normalized spacial score (nSPS) is 10.4. The fourth-order valence-corrected chi connectivity index (χ4v) is 2.84. The summed E-state index contributed by atoms with van der Waals surface area (Å²) in [6, 6.07) is 14.4. The van der Waals surface area contributed by atoms with Crippen LogP contribution in [0.1, 0.15) is 5.89 Å². The molecule has 0 aliphatic heterocycles. The van der Waals surface area contributed by atoms with Crippen molar-refractivity contribution in [1.29, 1.82) is 0 Å². The highest BCUT2D eigenvalue weighted by Crippen LogP contribution is 2.27. The number of rotatable bonds is 9. The standard InChI is InChI=1S/C19H19N3O5S/c1-24-14-7-5-6-13(10-14)20-17(23)12-28-19-22-21-18(27-19)11-26-16-9-4-3-8-15(16)25-2/h3-10H,11-12H2,1-2H3,(H,20,23). The summed E-state index contributed by atoms with van der Waals surface area (Å²) in [5.74, 6) is 2.11. The number of aromatic nitrogens is 2. The van der Waals surface area contributed by atoms with Crippen molar-refractivity contribution in [2.24, 2.45) is 0 Å². The number of carbonyl (C=O) groups is 1. The summed E-state index contributed by atoms with van der Waals surface area (Å²) in [6.07, 6.45) is 0. The van der Waals surface area contributed by atoms with Crippen molar-refractivity contribution in [2.75, 3.05) is 25.3 Å². The van der Waals surface area contributed by atoms with Gasteiger partial charge in [0.1, 0.15) is 5.75 Å². The van der Waals surface area contributed by atoms with Crippen LogP contribution in [0.2, 0.25) is 0 Å². The predicted molar refractivity (Wildman–Crippen MR) is 104 cm³/mol. The Kier molecular flexibility index (Phi) is 6.74. The first kappa shape index (κ1) is 19.6. The van der Waals surface area contributed by atoms with Crippen LogP contribution in [0.25, 0.3) is 0 Å². The molecule has 9 heteroatoms. The lowest BCUT2D eigenvalue weighted by Crippen LogP contribution is -2.13. The SMILES string of the molecule is COc1cccc(NC(=O)CSc2nnc(COc3ccccc3OC)o2)c1. The van der Waals surface area contributed by atoms with Crippen LogP contribution in [-0.4, -0.2) is 36.1 Å². The summed E-state index contributed by atoms with van der Waals surface area (Å²) < 4.78 is 21.5. The summed E-state index contributed by atoms with van der Waals surface area (Å²) in [5.41, 5.74) is 0.654. The minimum atomic E-state index is -0.191. The number of hydrogen-bond acceptors (Lipinski definition) is 8. The van der Waals surface area contributed by atoms with Gasteiger partial charge in [-0.15, -0.1) is 10.2 Å². The molecule has 0 atom stereocenters. The average Bonchev–Trinajstić information content (AvgIpc) is 3.19. The molecule has 0 aliphatic carbocycles. The Hall–Kier alpha value is -3.20. The summed E-state index contributed by atoms with van der Waals surface area (Å²) in [5, 5.41) is 10.9. The number of amides is 1. The lowest BCUT2D eigenvalue weighted by atomic mass is 10.3. The van der Waals surface area contributed by atoms with Gasteiger partial charge in [-0.05, 0) is 24.3 Å². The Labute approximate surface area is 166 Å². The van der Waals surface area contributed by atoms with Gasteiger partial charge in [0.05, 0.1) is 20.0 Å². The van der Waals surface area contributed by atoms with Gasteiger partial charge in [-0.1, -0.05) is 30.0 Å². The van der Waals surface area contributed by atoms with Gasteiger partial charge in [0.2, 0.25) is 5.91 Å². The summed E-state index contributed by atoms with van der Waals surface area (Å²) >= 11 is 1.14. The second-order valence-corrected chi connectivity index (χ2v) is 6.40. The number of ether oxygens (including phenoxy) is 3. The molecule has 28 heavy (non-hydrogen) atoms. The molecule has 8 nitrogen and oxygen atoms in total. The molecule has 1 aromatic heterocycles. The molecule has 0 radical (unpaired) electrons. The fraction of sp³-hybridized carbons (Fsp3) is 0.211. The number of benzene rings is 2. The van der Waals surface area contributed by atoms with Crippen LogP contribution in [0.4, 0.5) is 5.69 Å². The molecule has 0 spiro atoms. The van der Waals surface area contributed by atoms with Gasteiger partial charge >= 0.3 is 0 Å². The van der Waals surface area contributed by atoms with E-state index in [0.29, 0.717) is 34.0 Å². The number of anilines is 1. The summed E-state index contributed by atoms with van der Waals surface area (Å²) in [7, 11) is 3.14. The number of carbonyl (C=O) groups excluding carboxylic acids is 1. The van der Waals surface area contributed by atoms with E-state index >= 15 is 0 Å². The zero-order valence-corrected chi connectivity index (χ0v) is 16.2. The van der Waals surface area contributed by atoms with Crippen molar-refractivity contribution in [2.45, 2.75) is 11.8 Å². The van der Waals surface area contributed by atoms with E-state index in [1.165, 1.54) is 0 Å². The highest BCUT2D eigenvalue weighted by molar-refractivity contribution is 7.99. The topological polar surface area (TPSA) is 95.7 Å². The van der Waals surface area contributed by atoms with E-state index in [1.54, 1.807) is 50.6 Å². The highest BCUT2D eigenvalue weighted by Gasteiger charge is 2.12. The number of nitrogens with zero attached hydrogens (tertiary/aromatic N) is 2. The summed E-state index contributed by atoms with van der Waals surface area (Å²) in [6.45, 7) is 0.101. The minimum absolute atomic E-state index is 0.101. The first-order valence-corrected chi connectivity index (χ1v) is 9.31. The number of thioether (sulfide) groups is 1. The van der Waals surface area contributed by atoms with Gasteiger partial charge in [0.15, 0.2) is 18.1 Å². The van der Waals surface area contributed by atoms with Crippen molar-refractivity contribution in [3.05, 3.63) is 54.4 Å². The molecule has 146 valence electrons. The van der Waals surface area contributed by atoms with Crippen LogP contribution in [0.3, 0.4) is 0 Å². The van der Waals surface area contributed by atoms with E-state index in [1.807, 2.05) is 12.1 Å². The van der Waals surface area contributed by atoms with Crippen LogP contribution in [-0.2, 0) is 11.4 Å². The first-order chi connectivity index (χ1) is 13.7. The van der Waals surface area contributed by atoms with Crippen LogP contribution in [0.5, 0.6) is 17.2 Å². The van der Waals surface area contributed by atoms with E-state index < -0.39 is 0 Å². The monoisotopic (exact) mass is 401 g/mol. The molecule has 0 aliphatic rings. The van der Waals surface area contributed by atoms with Crippen LogP contribution >= 0.6 is 11.8 Å². The third-order valence-corrected chi connectivity index (χ3v) is 4.37. The average molecular weight is 401 g/mol. The smallest absolute Gasteiger partial charge is 0.277 e. The molecular formula is C19H19N3O5S. The molecule has 3 aromatic rings. The molecule has 0 bridgehead atoms. The van der Waals surface area contributed by atoms with Gasteiger partial charge in [-0.2, -0.15) is 0 Å². The number of nitrogens with one attached hydrogen (secondary N) is 1. The predicted octanol–water partition coefficient (Wildman–Crippen LogP) is 3.40. The largest absolute Gasteiger partial charge is 0.497 e. The minimum Gasteiger partial charge on any atom is -0.497 e. The van der Waals surface area contributed by atoms with Crippen LogP contribution < -0.4 is 19.5 Å². The quantitative estimate of drug-likeness (QED) is 0.545.